The second-order valence-electron chi connectivity index (χ2n) is 20.1. The van der Waals surface area contributed by atoms with Gasteiger partial charge in [0.05, 0.1) is 0 Å². The van der Waals surface area contributed by atoms with Gasteiger partial charge in [-0.1, -0.05) is 166 Å². The molecule has 0 fully saturated rings. The minimum absolute atomic E-state index is 0.119. The Labute approximate surface area is 365 Å². The van der Waals surface area contributed by atoms with Crippen molar-refractivity contribution in [2.45, 2.75) is 111 Å². The van der Waals surface area contributed by atoms with E-state index < -0.39 is 0 Å². The highest BCUT2D eigenvalue weighted by Gasteiger charge is 2.43. The first kappa shape index (κ1) is 39.7. The van der Waals surface area contributed by atoms with Gasteiger partial charge in [0.25, 0.3) is 0 Å². The maximum absolute atomic E-state index is 2.65. The van der Waals surface area contributed by atoms with Crippen LogP contribution in [0.3, 0.4) is 0 Å². The summed E-state index contributed by atoms with van der Waals surface area (Å²) in [5.41, 5.74) is 24.4. The van der Waals surface area contributed by atoms with Gasteiger partial charge in [-0.25, -0.2) is 0 Å². The molecule has 10 rings (SSSR count). The molecule has 6 aromatic carbocycles. The van der Waals surface area contributed by atoms with Crippen molar-refractivity contribution in [1.29, 1.82) is 0 Å². The third-order valence-electron chi connectivity index (χ3n) is 15.7. The Kier molecular flexibility index (Phi) is 9.86. The van der Waals surface area contributed by atoms with Crippen LogP contribution in [0.15, 0.2) is 156 Å². The van der Waals surface area contributed by atoms with E-state index in [-0.39, 0.29) is 10.8 Å². The first-order valence-electron chi connectivity index (χ1n) is 23.1. The van der Waals surface area contributed by atoms with Crippen LogP contribution in [0.1, 0.15) is 129 Å². The van der Waals surface area contributed by atoms with Crippen LogP contribution in [0.25, 0.3) is 33.0 Å². The van der Waals surface area contributed by atoms with Gasteiger partial charge in [-0.15, -0.1) is 0 Å². The average Bonchev–Trinajstić information content (AvgIpc) is 3.61. The Bertz CT molecular complexity index is 2810. The maximum Gasteiger partial charge on any atom is 0.0159 e. The monoisotopic (exact) mass is 794 g/mol. The predicted octanol–water partition coefficient (Wildman–Crippen LogP) is 16.2. The van der Waals surface area contributed by atoms with E-state index in [1.54, 1.807) is 5.57 Å². The Balaban J connectivity index is 1.04. The van der Waals surface area contributed by atoms with Crippen LogP contribution in [-0.2, 0) is 23.7 Å². The second kappa shape index (κ2) is 15.2. The van der Waals surface area contributed by atoms with Crippen molar-refractivity contribution in [3.63, 3.8) is 0 Å². The topological polar surface area (TPSA) is 0 Å². The van der Waals surface area contributed by atoms with Crippen LogP contribution < -0.4 is 0 Å². The van der Waals surface area contributed by atoms with Gasteiger partial charge < -0.3 is 0 Å². The highest BCUT2D eigenvalue weighted by Crippen LogP contribution is 2.58. The summed E-state index contributed by atoms with van der Waals surface area (Å²) in [7, 11) is 0. The van der Waals surface area contributed by atoms with Crippen LogP contribution in [0.5, 0.6) is 0 Å². The van der Waals surface area contributed by atoms with Crippen molar-refractivity contribution in [3.05, 3.63) is 212 Å². The summed E-state index contributed by atoms with van der Waals surface area (Å²) in [4.78, 5) is 0. The summed E-state index contributed by atoms with van der Waals surface area (Å²) >= 11 is 0. The first-order valence-corrected chi connectivity index (χ1v) is 23.1. The summed E-state index contributed by atoms with van der Waals surface area (Å²) in [6, 6.07) is 42.6. The van der Waals surface area contributed by atoms with Gasteiger partial charge >= 0.3 is 0 Å². The number of fused-ring (bicyclic) bond motifs is 8. The zero-order chi connectivity index (χ0) is 42.2. The van der Waals surface area contributed by atoms with E-state index in [9.17, 15) is 0 Å². The largest absolute Gasteiger partial charge is 0.0839 e. The van der Waals surface area contributed by atoms with E-state index in [0.717, 1.165) is 32.1 Å². The maximum atomic E-state index is 2.65. The standard InChI is InChI=1S/C61H62/c1-38-19-9-13-23-43(38)33-44(46-24-14-10-20-39(46)2)34-45-35-58-59(51-28-18-17-27-49(45)51)54-37-56-53(36-57(54)61(58,7)8)50-30-29-42(32-55(50)60(56,5)6)31-52(47-25-15-11-21-40(47)3)48-26-16-12-22-41(48)4/h9,11-13,15-22,24-30,32,35-37,43-44,52H,10,14,23,31,33-34H2,1-8H3. The zero-order valence-electron chi connectivity index (χ0n) is 37.8. The minimum atomic E-state index is -0.122. The highest BCUT2D eigenvalue weighted by atomic mass is 14.5. The molecule has 0 amide bonds. The van der Waals surface area contributed by atoms with Crippen molar-refractivity contribution >= 4 is 10.8 Å². The van der Waals surface area contributed by atoms with Gasteiger partial charge in [0.2, 0.25) is 0 Å². The van der Waals surface area contributed by atoms with E-state index in [1.165, 1.54) is 106 Å². The normalized spacial score (nSPS) is 18.6. The lowest BCUT2D eigenvalue weighted by atomic mass is 9.74. The summed E-state index contributed by atoms with van der Waals surface area (Å²) in [6.07, 6.45) is 18.7. The van der Waals surface area contributed by atoms with Crippen LogP contribution in [0.2, 0.25) is 0 Å². The molecule has 0 bridgehead atoms. The van der Waals surface area contributed by atoms with Gasteiger partial charge in [0, 0.05) is 16.7 Å². The van der Waals surface area contributed by atoms with Gasteiger partial charge in [-0.3, -0.25) is 0 Å². The lowest BCUT2D eigenvalue weighted by Gasteiger charge is -2.30. The number of hydrogen-bond acceptors (Lipinski definition) is 0. The van der Waals surface area contributed by atoms with Crippen LogP contribution in [0, 0.1) is 25.7 Å². The Morgan fingerprint density at radius 2 is 1.21 bits per heavy atom. The number of benzene rings is 6. The third kappa shape index (κ3) is 6.64. The Morgan fingerprint density at radius 3 is 1.92 bits per heavy atom. The summed E-state index contributed by atoms with van der Waals surface area (Å²) in [5, 5.41) is 2.84. The fraction of sp³-hybridized carbons (Fsp3) is 0.311. The quantitative estimate of drug-likeness (QED) is 0.137. The lowest BCUT2D eigenvalue weighted by molar-refractivity contribution is 0.447. The van der Waals surface area contributed by atoms with E-state index in [2.05, 4.69) is 195 Å². The first-order chi connectivity index (χ1) is 29.4. The van der Waals surface area contributed by atoms with Gasteiger partial charge in [0.1, 0.15) is 0 Å². The van der Waals surface area contributed by atoms with Crippen LogP contribution in [0.4, 0.5) is 0 Å². The molecule has 0 heterocycles. The molecule has 0 aliphatic heterocycles. The van der Waals surface area contributed by atoms with Crippen LogP contribution >= 0.6 is 0 Å². The number of allylic oxidation sites excluding steroid dienone is 8. The predicted molar refractivity (Wildman–Crippen MR) is 261 cm³/mol. The number of hydrogen-bond donors (Lipinski definition) is 0. The second-order valence-corrected chi connectivity index (χ2v) is 20.1. The van der Waals surface area contributed by atoms with E-state index in [0.29, 0.717) is 17.8 Å². The van der Waals surface area contributed by atoms with E-state index in [4.69, 9.17) is 0 Å². The molecule has 0 heteroatoms. The SMILES string of the molecule is CC1=CCCC=C1C(Cc1cc2c(c3ccccc13)-c1cc3c(cc1C2(C)C)-c1ccc(CC(c2ccccc2C)c2ccccc2C)cc1C3(C)C)CC1CC=CC=C1C. The molecule has 4 aliphatic rings. The zero-order valence-corrected chi connectivity index (χ0v) is 37.8. The summed E-state index contributed by atoms with van der Waals surface area (Å²) in [5.74, 6) is 1.38. The Morgan fingerprint density at radius 1 is 0.590 bits per heavy atom. The molecule has 306 valence electrons. The Hall–Kier alpha value is -5.46. The molecule has 0 radical (unpaired) electrons. The molecule has 0 saturated heterocycles. The van der Waals surface area contributed by atoms with Gasteiger partial charge in [-0.05, 0) is 184 Å². The van der Waals surface area contributed by atoms with Gasteiger partial charge in [-0.2, -0.15) is 0 Å². The van der Waals surface area contributed by atoms with E-state index >= 15 is 0 Å². The fourth-order valence-electron chi connectivity index (χ4n) is 12.1. The molecular weight excluding hydrogens is 733 g/mol. The summed E-state index contributed by atoms with van der Waals surface area (Å²) in [6.45, 7) is 19.1. The number of rotatable bonds is 9. The number of aryl methyl sites for hydroxylation is 2. The van der Waals surface area contributed by atoms with Crippen LogP contribution in [-0.4, -0.2) is 0 Å². The molecule has 0 nitrogen and oxygen atoms in total. The molecule has 0 N–H and O–H groups in total. The summed E-state index contributed by atoms with van der Waals surface area (Å²) < 4.78 is 0. The third-order valence-corrected chi connectivity index (χ3v) is 15.7. The minimum Gasteiger partial charge on any atom is -0.0839 e. The molecule has 0 saturated carbocycles. The van der Waals surface area contributed by atoms with Crippen molar-refractivity contribution in [2.75, 3.05) is 0 Å². The molecule has 2 unspecified atom stereocenters. The molecule has 0 spiro atoms. The molecular formula is C61H62. The average molecular weight is 795 g/mol. The highest BCUT2D eigenvalue weighted by molar-refractivity contribution is 6.05. The molecule has 6 aromatic rings. The lowest BCUT2D eigenvalue weighted by Crippen LogP contribution is -2.19. The molecule has 2 atom stereocenters. The van der Waals surface area contributed by atoms with Gasteiger partial charge in [0.15, 0.2) is 0 Å². The fourth-order valence-corrected chi connectivity index (χ4v) is 12.1. The van der Waals surface area contributed by atoms with Crippen molar-refractivity contribution in [2.24, 2.45) is 11.8 Å². The smallest absolute Gasteiger partial charge is 0.0159 e. The molecule has 0 aromatic heterocycles. The van der Waals surface area contributed by atoms with Crippen molar-refractivity contribution < 1.29 is 0 Å². The molecule has 61 heavy (non-hydrogen) atoms. The van der Waals surface area contributed by atoms with E-state index in [1.807, 2.05) is 0 Å². The molecule has 4 aliphatic carbocycles. The van der Waals surface area contributed by atoms with Crippen molar-refractivity contribution in [3.8, 4) is 22.3 Å². The van der Waals surface area contributed by atoms with Crippen molar-refractivity contribution in [1.82, 2.24) is 0 Å².